The lowest BCUT2D eigenvalue weighted by atomic mass is 10.1. The van der Waals surface area contributed by atoms with Crippen molar-refractivity contribution in [2.24, 2.45) is 0 Å². The van der Waals surface area contributed by atoms with Crippen molar-refractivity contribution < 1.29 is 14.4 Å². The Morgan fingerprint density at radius 1 is 0.931 bits per heavy atom. The number of halogens is 1. The third-order valence-electron chi connectivity index (χ3n) is 4.71. The lowest BCUT2D eigenvalue weighted by Crippen LogP contribution is -2.32. The zero-order valence-electron chi connectivity index (χ0n) is 16.4. The first kappa shape index (κ1) is 22.6. The van der Waals surface area contributed by atoms with Crippen molar-refractivity contribution in [1.82, 2.24) is 15.5 Å². The van der Waals surface area contributed by atoms with Crippen LogP contribution in [0.5, 0.6) is 0 Å². The summed E-state index contributed by atoms with van der Waals surface area (Å²) in [6.07, 6.45) is 1.64. The highest BCUT2D eigenvalue weighted by Crippen LogP contribution is 2.24. The minimum Gasteiger partial charge on any atom is -0.351 e. The van der Waals surface area contributed by atoms with Gasteiger partial charge in [0, 0.05) is 25.2 Å². The first-order valence-electron chi connectivity index (χ1n) is 9.65. The Morgan fingerprint density at radius 3 is 2.38 bits per heavy atom. The summed E-state index contributed by atoms with van der Waals surface area (Å²) in [5.41, 5.74) is 2.12. The minimum absolute atomic E-state index is 0. The Morgan fingerprint density at radius 2 is 1.66 bits per heavy atom. The zero-order chi connectivity index (χ0) is 19.9. The van der Waals surface area contributed by atoms with Crippen molar-refractivity contribution in [1.29, 1.82) is 0 Å². The monoisotopic (exact) mass is 415 g/mol. The van der Waals surface area contributed by atoms with E-state index in [4.69, 9.17) is 0 Å². The molecular weight excluding hydrogens is 390 g/mol. The minimum atomic E-state index is -0.338. The number of nitrogens with zero attached hydrogens (tertiary/aromatic N) is 1. The van der Waals surface area contributed by atoms with E-state index in [1.54, 1.807) is 12.1 Å². The average molecular weight is 416 g/mol. The third kappa shape index (κ3) is 5.43. The van der Waals surface area contributed by atoms with Crippen molar-refractivity contribution in [3.8, 4) is 0 Å². The maximum absolute atomic E-state index is 12.7. The van der Waals surface area contributed by atoms with Crippen LogP contribution in [0.25, 0.3) is 0 Å². The van der Waals surface area contributed by atoms with Gasteiger partial charge in [0.15, 0.2) is 0 Å². The van der Waals surface area contributed by atoms with Crippen LogP contribution < -0.4 is 10.6 Å². The Labute approximate surface area is 177 Å². The number of hydrogen-bond donors (Lipinski definition) is 2. The van der Waals surface area contributed by atoms with Gasteiger partial charge >= 0.3 is 0 Å². The molecule has 0 unspecified atom stereocenters. The molecule has 0 saturated heterocycles. The predicted molar refractivity (Wildman–Crippen MR) is 115 cm³/mol. The van der Waals surface area contributed by atoms with Crippen molar-refractivity contribution in [3.05, 3.63) is 70.8 Å². The molecule has 0 aliphatic carbocycles. The maximum atomic E-state index is 12.7. The molecule has 6 nitrogen and oxygen atoms in total. The topological polar surface area (TPSA) is 78.5 Å². The Bertz CT molecular complexity index is 871. The van der Waals surface area contributed by atoms with Crippen LogP contribution in [0.15, 0.2) is 48.5 Å². The number of rotatable bonds is 9. The highest BCUT2D eigenvalue weighted by Gasteiger charge is 2.35. The van der Waals surface area contributed by atoms with Gasteiger partial charge in [-0.3, -0.25) is 19.3 Å². The summed E-state index contributed by atoms with van der Waals surface area (Å²) in [4.78, 5) is 38.8. The highest BCUT2D eigenvalue weighted by atomic mass is 35.5. The number of fused-ring (bicyclic) bond motifs is 1. The molecule has 1 aliphatic rings. The van der Waals surface area contributed by atoms with E-state index in [1.807, 2.05) is 30.3 Å². The van der Waals surface area contributed by atoms with Crippen LogP contribution in [0.3, 0.4) is 0 Å². The van der Waals surface area contributed by atoms with E-state index in [-0.39, 0.29) is 30.1 Å². The van der Waals surface area contributed by atoms with Crippen LogP contribution in [0.1, 0.15) is 50.0 Å². The van der Waals surface area contributed by atoms with Gasteiger partial charge in [-0.2, -0.15) is 0 Å². The first-order chi connectivity index (χ1) is 13.6. The Kier molecular flexibility index (Phi) is 8.36. The van der Waals surface area contributed by atoms with Gasteiger partial charge in [0.05, 0.1) is 11.1 Å². The number of hydrogen-bond acceptors (Lipinski definition) is 4. The van der Waals surface area contributed by atoms with Crippen LogP contribution in [0, 0.1) is 0 Å². The van der Waals surface area contributed by atoms with E-state index in [9.17, 15) is 14.4 Å². The number of imide groups is 1. The molecule has 2 N–H and O–H groups in total. The Hall–Kier alpha value is -2.70. The summed E-state index contributed by atoms with van der Waals surface area (Å²) >= 11 is 0. The van der Waals surface area contributed by atoms with Gasteiger partial charge in [-0.1, -0.05) is 37.3 Å². The van der Waals surface area contributed by atoms with Crippen LogP contribution in [-0.2, 0) is 6.42 Å². The fourth-order valence-electron chi connectivity index (χ4n) is 3.19. The highest BCUT2D eigenvalue weighted by molar-refractivity contribution is 6.22. The number of benzene rings is 2. The van der Waals surface area contributed by atoms with Gasteiger partial charge in [-0.25, -0.2) is 0 Å². The van der Waals surface area contributed by atoms with Crippen LogP contribution in [-0.4, -0.2) is 48.8 Å². The molecular formula is C22H26ClN3O3. The fourth-order valence-corrected chi connectivity index (χ4v) is 3.19. The molecule has 2 aromatic carbocycles. The van der Waals surface area contributed by atoms with E-state index < -0.39 is 0 Å². The van der Waals surface area contributed by atoms with Gasteiger partial charge in [0.2, 0.25) is 0 Å². The molecule has 0 fully saturated rings. The SMILES string of the molecule is CCCNCCNC(=O)c1ccc2c(c1)C(=O)N(CCc1ccccc1)C2=O.Cl. The van der Waals surface area contributed by atoms with Crippen molar-refractivity contribution in [3.63, 3.8) is 0 Å². The first-order valence-corrected chi connectivity index (χ1v) is 9.65. The van der Waals surface area contributed by atoms with Gasteiger partial charge in [-0.05, 0) is 43.1 Å². The molecule has 1 heterocycles. The van der Waals surface area contributed by atoms with Crippen LogP contribution >= 0.6 is 12.4 Å². The molecule has 0 atom stereocenters. The maximum Gasteiger partial charge on any atom is 0.261 e. The molecule has 0 spiro atoms. The van der Waals surface area contributed by atoms with Crippen LogP contribution in [0.2, 0.25) is 0 Å². The number of amides is 3. The van der Waals surface area contributed by atoms with E-state index >= 15 is 0 Å². The second-order valence-corrected chi connectivity index (χ2v) is 6.76. The standard InChI is InChI=1S/C22H25N3O3.ClH/c1-2-11-23-12-13-24-20(26)17-8-9-18-19(15-17)22(28)25(21(18)27)14-10-16-6-4-3-5-7-16;/h3-9,15,23H,2,10-14H2,1H3,(H,24,26);1H. The van der Waals surface area contributed by atoms with E-state index in [1.165, 1.54) is 11.0 Å². The molecule has 0 radical (unpaired) electrons. The molecule has 7 heteroatoms. The molecule has 0 bridgehead atoms. The van der Waals surface area contributed by atoms with E-state index in [0.717, 1.165) is 18.5 Å². The van der Waals surface area contributed by atoms with Crippen LogP contribution in [0.4, 0.5) is 0 Å². The molecule has 3 rings (SSSR count). The summed E-state index contributed by atoms with van der Waals surface area (Å²) < 4.78 is 0. The molecule has 2 aromatic rings. The van der Waals surface area contributed by atoms with E-state index in [0.29, 0.717) is 42.7 Å². The largest absolute Gasteiger partial charge is 0.351 e. The Balaban J connectivity index is 0.00000300. The zero-order valence-corrected chi connectivity index (χ0v) is 17.3. The van der Waals surface area contributed by atoms with Crippen molar-refractivity contribution in [2.75, 3.05) is 26.2 Å². The molecule has 0 saturated carbocycles. The van der Waals surface area contributed by atoms with Gasteiger partial charge in [-0.15, -0.1) is 12.4 Å². The second-order valence-electron chi connectivity index (χ2n) is 6.76. The molecule has 154 valence electrons. The molecule has 3 amide bonds. The fraction of sp³-hybridized carbons (Fsp3) is 0.318. The van der Waals surface area contributed by atoms with Gasteiger partial charge in [0.1, 0.15) is 0 Å². The van der Waals surface area contributed by atoms with Gasteiger partial charge in [0.25, 0.3) is 17.7 Å². The molecule has 0 aromatic heterocycles. The third-order valence-corrected chi connectivity index (χ3v) is 4.71. The lowest BCUT2D eigenvalue weighted by Gasteiger charge is -2.13. The molecule has 29 heavy (non-hydrogen) atoms. The van der Waals surface area contributed by atoms with Crippen molar-refractivity contribution in [2.45, 2.75) is 19.8 Å². The smallest absolute Gasteiger partial charge is 0.261 e. The summed E-state index contributed by atoms with van der Waals surface area (Å²) in [6, 6.07) is 14.4. The summed E-state index contributed by atoms with van der Waals surface area (Å²) in [5, 5.41) is 6.03. The average Bonchev–Trinajstić information content (AvgIpc) is 2.96. The van der Waals surface area contributed by atoms with Crippen molar-refractivity contribution >= 4 is 30.1 Å². The van der Waals surface area contributed by atoms with Gasteiger partial charge < -0.3 is 10.6 Å². The number of carbonyl (C=O) groups is 3. The van der Waals surface area contributed by atoms with E-state index in [2.05, 4.69) is 17.6 Å². The lowest BCUT2D eigenvalue weighted by molar-refractivity contribution is 0.0656. The summed E-state index contributed by atoms with van der Waals surface area (Å²) in [7, 11) is 0. The summed E-state index contributed by atoms with van der Waals surface area (Å²) in [6.45, 7) is 4.50. The summed E-state index contributed by atoms with van der Waals surface area (Å²) in [5.74, 6) is -0.883. The normalized spacial score (nSPS) is 12.5. The number of carbonyl (C=O) groups excluding carboxylic acids is 3. The quantitative estimate of drug-likeness (QED) is 0.487. The number of nitrogens with one attached hydrogen (secondary N) is 2. The second kappa shape index (κ2) is 10.7. The predicted octanol–water partition coefficient (Wildman–Crippen LogP) is 2.68. The molecule has 1 aliphatic heterocycles.